The number of fused-ring (bicyclic) bond motifs is 1. The van der Waals surface area contributed by atoms with Crippen molar-refractivity contribution in [2.45, 2.75) is 26.4 Å². The number of aryl methyl sites for hydroxylation is 1. The van der Waals surface area contributed by atoms with Gasteiger partial charge in [0.05, 0.1) is 11.4 Å². The molecule has 0 saturated carbocycles. The molecule has 0 amide bonds. The Kier molecular flexibility index (Phi) is 3.17. The molecular weight excluding hydrogens is 238 g/mol. The minimum absolute atomic E-state index is 0.501. The van der Waals surface area contributed by atoms with Crippen molar-refractivity contribution in [2.24, 2.45) is 0 Å². The number of likely N-dealkylation sites (N-methyl/N-ethyl adjacent to an activating group) is 1. The maximum atomic E-state index is 10.9. The van der Waals surface area contributed by atoms with E-state index in [1.54, 1.807) is 23.2 Å². The van der Waals surface area contributed by atoms with Gasteiger partial charge in [0.1, 0.15) is 6.04 Å². The Balaban J connectivity index is 2.26. The van der Waals surface area contributed by atoms with Crippen LogP contribution in [0.15, 0.2) is 11.6 Å². The van der Waals surface area contributed by atoms with Gasteiger partial charge in [0.25, 0.3) is 0 Å². The van der Waals surface area contributed by atoms with Crippen LogP contribution >= 0.6 is 11.3 Å². The van der Waals surface area contributed by atoms with E-state index >= 15 is 0 Å². The third-order valence-corrected chi connectivity index (χ3v) is 3.74. The lowest BCUT2D eigenvalue weighted by molar-refractivity contribution is -0.142. The van der Waals surface area contributed by atoms with E-state index in [0.29, 0.717) is 6.54 Å². The number of nitrogens with zero attached hydrogens (tertiary/aromatic N) is 3. The molecule has 0 bridgehead atoms. The van der Waals surface area contributed by atoms with Gasteiger partial charge in [-0.3, -0.25) is 14.1 Å². The summed E-state index contributed by atoms with van der Waals surface area (Å²) in [5, 5.41) is 10.9. The third kappa shape index (κ3) is 2.18. The molecule has 6 heteroatoms. The van der Waals surface area contributed by atoms with E-state index < -0.39 is 12.0 Å². The second kappa shape index (κ2) is 4.46. The van der Waals surface area contributed by atoms with Crippen molar-refractivity contribution >= 4 is 22.3 Å². The topological polar surface area (TPSA) is 57.8 Å². The molecule has 2 heterocycles. The van der Waals surface area contributed by atoms with E-state index in [1.807, 2.05) is 29.9 Å². The van der Waals surface area contributed by atoms with Crippen LogP contribution < -0.4 is 0 Å². The smallest absolute Gasteiger partial charge is 0.320 e. The number of aromatic nitrogens is 2. The standard InChI is InChI=1S/C11H15N3O2S/c1-7-9(6-13(3)8(2)10(15)16)14-4-5-17-11(14)12-7/h4-5,8H,6H2,1-3H3,(H,15,16). The van der Waals surface area contributed by atoms with Crippen LogP contribution in [0.3, 0.4) is 0 Å². The lowest BCUT2D eigenvalue weighted by Gasteiger charge is -2.20. The second-order valence-corrected chi connectivity index (χ2v) is 5.00. The lowest BCUT2D eigenvalue weighted by atomic mass is 10.2. The number of hydrogen-bond acceptors (Lipinski definition) is 4. The highest BCUT2D eigenvalue weighted by molar-refractivity contribution is 7.15. The van der Waals surface area contributed by atoms with Crippen molar-refractivity contribution in [3.8, 4) is 0 Å². The number of thiazole rings is 1. The molecule has 17 heavy (non-hydrogen) atoms. The molecule has 2 aromatic rings. The van der Waals surface area contributed by atoms with Crippen molar-refractivity contribution in [3.05, 3.63) is 23.0 Å². The maximum Gasteiger partial charge on any atom is 0.320 e. The molecular formula is C11H15N3O2S. The van der Waals surface area contributed by atoms with E-state index in [4.69, 9.17) is 5.11 Å². The molecule has 0 aliphatic rings. The molecule has 0 fully saturated rings. The van der Waals surface area contributed by atoms with Gasteiger partial charge < -0.3 is 5.11 Å². The zero-order valence-corrected chi connectivity index (χ0v) is 10.9. The summed E-state index contributed by atoms with van der Waals surface area (Å²) in [5.41, 5.74) is 2.01. The maximum absolute atomic E-state index is 10.9. The second-order valence-electron chi connectivity index (χ2n) is 4.13. The molecule has 5 nitrogen and oxygen atoms in total. The van der Waals surface area contributed by atoms with Gasteiger partial charge >= 0.3 is 5.97 Å². The van der Waals surface area contributed by atoms with Gasteiger partial charge in [-0.1, -0.05) is 0 Å². The molecule has 0 aromatic carbocycles. The third-order valence-electron chi connectivity index (χ3n) is 2.98. The van der Waals surface area contributed by atoms with Crippen LogP contribution in [0.25, 0.3) is 4.96 Å². The summed E-state index contributed by atoms with van der Waals surface area (Å²) in [5.74, 6) is -0.809. The number of hydrogen-bond donors (Lipinski definition) is 1. The highest BCUT2D eigenvalue weighted by Gasteiger charge is 2.19. The monoisotopic (exact) mass is 253 g/mol. The van der Waals surface area contributed by atoms with Crippen molar-refractivity contribution in [3.63, 3.8) is 0 Å². The van der Waals surface area contributed by atoms with E-state index in [0.717, 1.165) is 16.3 Å². The Morgan fingerprint density at radius 3 is 3.06 bits per heavy atom. The van der Waals surface area contributed by atoms with Gasteiger partial charge in [-0.15, -0.1) is 11.3 Å². The van der Waals surface area contributed by atoms with Gasteiger partial charge in [0, 0.05) is 18.1 Å². The number of carbonyl (C=O) groups is 1. The first-order valence-corrected chi connectivity index (χ1v) is 6.22. The highest BCUT2D eigenvalue weighted by Crippen LogP contribution is 2.18. The molecule has 0 aliphatic heterocycles. The van der Waals surface area contributed by atoms with Crippen LogP contribution in [-0.2, 0) is 11.3 Å². The van der Waals surface area contributed by atoms with Crippen LogP contribution in [0.4, 0.5) is 0 Å². The number of aliphatic carboxylic acids is 1. The first-order chi connectivity index (χ1) is 8.00. The minimum atomic E-state index is -0.809. The predicted molar refractivity (Wildman–Crippen MR) is 66.4 cm³/mol. The molecule has 1 unspecified atom stereocenters. The SMILES string of the molecule is Cc1nc2sccn2c1CN(C)C(C)C(=O)O. The summed E-state index contributed by atoms with van der Waals surface area (Å²) in [4.78, 5) is 18.1. The zero-order valence-electron chi connectivity index (χ0n) is 10.0. The molecule has 2 aromatic heterocycles. The molecule has 1 N–H and O–H groups in total. The van der Waals surface area contributed by atoms with Crippen LogP contribution in [0.5, 0.6) is 0 Å². The first kappa shape index (κ1) is 12.1. The molecule has 0 saturated heterocycles. The van der Waals surface area contributed by atoms with Gasteiger partial charge in [-0.25, -0.2) is 4.98 Å². The molecule has 0 radical (unpaired) electrons. The lowest BCUT2D eigenvalue weighted by Crippen LogP contribution is -2.35. The number of rotatable bonds is 4. The average Bonchev–Trinajstić information content (AvgIpc) is 2.81. The quantitative estimate of drug-likeness (QED) is 0.899. The van der Waals surface area contributed by atoms with Gasteiger partial charge in [-0.2, -0.15) is 0 Å². The fourth-order valence-corrected chi connectivity index (χ4v) is 2.47. The van der Waals surface area contributed by atoms with Crippen molar-refractivity contribution in [1.29, 1.82) is 0 Å². The Bertz CT molecular complexity index is 546. The Morgan fingerprint density at radius 1 is 1.71 bits per heavy atom. The van der Waals surface area contributed by atoms with Gasteiger partial charge in [0.2, 0.25) is 0 Å². The number of carboxylic acid groups (broad SMARTS) is 1. The summed E-state index contributed by atoms with van der Waals surface area (Å²) in [6.07, 6.45) is 1.97. The summed E-state index contributed by atoms with van der Waals surface area (Å²) in [7, 11) is 1.81. The Hall–Kier alpha value is -1.40. The normalized spacial score (nSPS) is 13.4. The van der Waals surface area contributed by atoms with Crippen LogP contribution in [0, 0.1) is 6.92 Å². The summed E-state index contributed by atoms with van der Waals surface area (Å²) < 4.78 is 2.02. The fourth-order valence-electron chi connectivity index (χ4n) is 1.69. The van der Waals surface area contributed by atoms with Gasteiger partial charge in [-0.05, 0) is 20.9 Å². The minimum Gasteiger partial charge on any atom is -0.480 e. The van der Waals surface area contributed by atoms with Crippen molar-refractivity contribution in [1.82, 2.24) is 14.3 Å². The Morgan fingerprint density at radius 2 is 2.41 bits per heavy atom. The number of carboxylic acids is 1. The highest BCUT2D eigenvalue weighted by atomic mass is 32.1. The zero-order chi connectivity index (χ0) is 12.6. The van der Waals surface area contributed by atoms with Crippen molar-refractivity contribution in [2.75, 3.05) is 7.05 Å². The van der Waals surface area contributed by atoms with E-state index in [9.17, 15) is 4.79 Å². The van der Waals surface area contributed by atoms with E-state index in [1.165, 1.54) is 0 Å². The molecule has 2 rings (SSSR count). The fraction of sp³-hybridized carbons (Fsp3) is 0.455. The molecule has 0 aliphatic carbocycles. The van der Waals surface area contributed by atoms with E-state index in [2.05, 4.69) is 4.98 Å². The van der Waals surface area contributed by atoms with Crippen LogP contribution in [-0.4, -0.2) is 38.4 Å². The predicted octanol–water partition coefficient (Wildman–Crippen LogP) is 1.61. The van der Waals surface area contributed by atoms with Gasteiger partial charge in [0.15, 0.2) is 4.96 Å². The average molecular weight is 253 g/mol. The Labute approximate surface area is 103 Å². The summed E-state index contributed by atoms with van der Waals surface area (Å²) in [6, 6.07) is -0.501. The molecule has 92 valence electrons. The largest absolute Gasteiger partial charge is 0.480 e. The molecule has 1 atom stereocenters. The van der Waals surface area contributed by atoms with Crippen molar-refractivity contribution < 1.29 is 9.90 Å². The summed E-state index contributed by atoms with van der Waals surface area (Å²) in [6.45, 7) is 4.22. The first-order valence-electron chi connectivity index (χ1n) is 5.34. The molecule has 0 spiro atoms. The van der Waals surface area contributed by atoms with E-state index in [-0.39, 0.29) is 0 Å². The van der Waals surface area contributed by atoms with Crippen LogP contribution in [0.2, 0.25) is 0 Å². The summed E-state index contributed by atoms with van der Waals surface area (Å²) >= 11 is 1.58. The van der Waals surface area contributed by atoms with Crippen LogP contribution in [0.1, 0.15) is 18.3 Å². The number of imidazole rings is 1.